The number of nitrogens with two attached hydrogens (primary N) is 1. The molecule has 1 aromatic heterocycles. The zero-order valence-corrected chi connectivity index (χ0v) is 10.9. The lowest BCUT2D eigenvalue weighted by Gasteiger charge is -2.27. The van der Waals surface area contributed by atoms with Crippen LogP contribution in [0.25, 0.3) is 0 Å². The molecule has 2 unspecified atom stereocenters. The van der Waals surface area contributed by atoms with Gasteiger partial charge in [-0.3, -0.25) is 9.78 Å². The van der Waals surface area contributed by atoms with Gasteiger partial charge in [0.2, 0.25) is 0 Å². The van der Waals surface area contributed by atoms with Crippen molar-refractivity contribution in [2.24, 2.45) is 11.7 Å². The second-order valence-electron chi connectivity index (χ2n) is 5.18. The molecule has 1 aliphatic rings. The fourth-order valence-corrected chi connectivity index (χ4v) is 2.56. The van der Waals surface area contributed by atoms with E-state index in [9.17, 15) is 4.79 Å². The predicted molar refractivity (Wildman–Crippen MR) is 71.0 cm³/mol. The number of nitrogens with zero attached hydrogens (tertiary/aromatic N) is 1. The van der Waals surface area contributed by atoms with Crippen molar-refractivity contribution < 1.29 is 4.79 Å². The number of rotatable bonds is 3. The van der Waals surface area contributed by atoms with Gasteiger partial charge in [-0.2, -0.15) is 0 Å². The minimum absolute atomic E-state index is 0.00815. The predicted octanol–water partition coefficient (Wildman–Crippen LogP) is 1.85. The summed E-state index contributed by atoms with van der Waals surface area (Å²) < 4.78 is 0. The Bertz CT molecular complexity index is 419. The average Bonchev–Trinajstić information content (AvgIpc) is 2.39. The van der Waals surface area contributed by atoms with E-state index in [-0.39, 0.29) is 5.91 Å². The van der Waals surface area contributed by atoms with Gasteiger partial charge in [-0.25, -0.2) is 0 Å². The number of hydrogen-bond acceptors (Lipinski definition) is 3. The van der Waals surface area contributed by atoms with Crippen molar-refractivity contribution in [2.45, 2.75) is 45.2 Å². The number of amides is 1. The lowest BCUT2D eigenvalue weighted by atomic mass is 9.87. The van der Waals surface area contributed by atoms with Crippen molar-refractivity contribution in [3.8, 4) is 0 Å². The number of carbonyl (C=O) groups excluding carboxylic acids is 1. The van der Waals surface area contributed by atoms with Crippen molar-refractivity contribution in [3.63, 3.8) is 0 Å². The highest BCUT2D eigenvalue weighted by molar-refractivity contribution is 5.94. The van der Waals surface area contributed by atoms with E-state index in [1.165, 1.54) is 12.8 Å². The maximum absolute atomic E-state index is 12.1. The molecule has 4 nitrogen and oxygen atoms in total. The third kappa shape index (κ3) is 3.29. The Kier molecular flexibility index (Phi) is 4.31. The molecule has 0 aromatic carbocycles. The molecule has 18 heavy (non-hydrogen) atoms. The summed E-state index contributed by atoms with van der Waals surface area (Å²) >= 11 is 0. The smallest absolute Gasteiger partial charge is 0.251 e. The van der Waals surface area contributed by atoms with E-state index < -0.39 is 0 Å². The van der Waals surface area contributed by atoms with Crippen LogP contribution in [0.5, 0.6) is 0 Å². The Morgan fingerprint density at radius 3 is 3.11 bits per heavy atom. The topological polar surface area (TPSA) is 68.0 Å². The molecule has 1 saturated carbocycles. The maximum Gasteiger partial charge on any atom is 0.251 e. The largest absolute Gasteiger partial charge is 0.349 e. The van der Waals surface area contributed by atoms with E-state index in [4.69, 9.17) is 5.73 Å². The van der Waals surface area contributed by atoms with Crippen LogP contribution in [0.4, 0.5) is 0 Å². The Morgan fingerprint density at radius 2 is 2.39 bits per heavy atom. The molecule has 1 heterocycles. The zero-order chi connectivity index (χ0) is 13.0. The summed E-state index contributed by atoms with van der Waals surface area (Å²) in [6.45, 7) is 2.61. The molecule has 1 amide bonds. The number of pyridine rings is 1. The molecule has 0 radical (unpaired) electrons. The number of carbonyl (C=O) groups is 1. The summed E-state index contributed by atoms with van der Waals surface area (Å²) in [5.41, 5.74) is 6.93. The first-order chi connectivity index (χ1) is 8.69. The SMILES string of the molecule is CC1CCCC(NC(=O)c2ccnc(CN)c2)C1. The fourth-order valence-electron chi connectivity index (χ4n) is 2.56. The van der Waals surface area contributed by atoms with Crippen molar-refractivity contribution in [3.05, 3.63) is 29.6 Å². The number of hydrogen-bond donors (Lipinski definition) is 2. The van der Waals surface area contributed by atoms with E-state index >= 15 is 0 Å². The van der Waals surface area contributed by atoms with E-state index in [0.29, 0.717) is 24.1 Å². The first-order valence-corrected chi connectivity index (χ1v) is 6.65. The molecule has 1 aromatic rings. The first kappa shape index (κ1) is 13.0. The molecule has 1 aliphatic carbocycles. The summed E-state index contributed by atoms with van der Waals surface area (Å²) in [7, 11) is 0. The van der Waals surface area contributed by atoms with Crippen LogP contribution in [0.15, 0.2) is 18.3 Å². The normalized spacial score (nSPS) is 23.7. The second-order valence-corrected chi connectivity index (χ2v) is 5.18. The van der Waals surface area contributed by atoms with Crippen LogP contribution in [0.2, 0.25) is 0 Å². The summed E-state index contributed by atoms with van der Waals surface area (Å²) in [5, 5.41) is 3.11. The summed E-state index contributed by atoms with van der Waals surface area (Å²) in [6.07, 6.45) is 6.29. The molecular formula is C14H21N3O. The molecule has 3 N–H and O–H groups in total. The minimum Gasteiger partial charge on any atom is -0.349 e. The molecule has 0 spiro atoms. The Morgan fingerprint density at radius 1 is 1.56 bits per heavy atom. The Labute approximate surface area is 108 Å². The average molecular weight is 247 g/mol. The Balaban J connectivity index is 1.98. The van der Waals surface area contributed by atoms with Crippen molar-refractivity contribution in [2.75, 3.05) is 0 Å². The second kappa shape index (κ2) is 5.96. The summed E-state index contributed by atoms with van der Waals surface area (Å²) in [5.74, 6) is 0.701. The quantitative estimate of drug-likeness (QED) is 0.856. The molecule has 0 bridgehead atoms. The van der Waals surface area contributed by atoms with E-state index in [1.807, 2.05) is 0 Å². The monoisotopic (exact) mass is 247 g/mol. The first-order valence-electron chi connectivity index (χ1n) is 6.65. The third-order valence-corrected chi connectivity index (χ3v) is 3.56. The Hall–Kier alpha value is -1.42. The van der Waals surface area contributed by atoms with Crippen LogP contribution in [0.1, 0.15) is 48.7 Å². The molecule has 1 fully saturated rings. The van der Waals surface area contributed by atoms with Crippen LogP contribution in [-0.4, -0.2) is 16.9 Å². The molecule has 2 atom stereocenters. The highest BCUT2D eigenvalue weighted by atomic mass is 16.1. The standard InChI is InChI=1S/C14H21N3O/c1-10-3-2-4-12(7-10)17-14(18)11-5-6-16-13(8-11)9-15/h5-6,8,10,12H,2-4,7,9,15H2,1H3,(H,17,18). The highest BCUT2D eigenvalue weighted by Crippen LogP contribution is 2.23. The third-order valence-electron chi connectivity index (χ3n) is 3.56. The van der Waals surface area contributed by atoms with Crippen LogP contribution in [-0.2, 0) is 6.54 Å². The lowest BCUT2D eigenvalue weighted by molar-refractivity contribution is 0.0921. The van der Waals surface area contributed by atoms with Crippen molar-refractivity contribution in [1.82, 2.24) is 10.3 Å². The molecule has 0 saturated heterocycles. The van der Waals surface area contributed by atoms with Crippen LogP contribution in [0.3, 0.4) is 0 Å². The fraction of sp³-hybridized carbons (Fsp3) is 0.571. The molecular weight excluding hydrogens is 226 g/mol. The van der Waals surface area contributed by atoms with E-state index in [1.54, 1.807) is 18.3 Å². The highest BCUT2D eigenvalue weighted by Gasteiger charge is 2.20. The van der Waals surface area contributed by atoms with Gasteiger partial charge in [0, 0.05) is 24.3 Å². The molecule has 0 aliphatic heterocycles. The van der Waals surface area contributed by atoms with Gasteiger partial charge in [0.15, 0.2) is 0 Å². The van der Waals surface area contributed by atoms with Crippen LogP contribution < -0.4 is 11.1 Å². The summed E-state index contributed by atoms with van der Waals surface area (Å²) in [6, 6.07) is 3.82. The van der Waals surface area contributed by atoms with Gasteiger partial charge in [-0.05, 0) is 30.9 Å². The number of aromatic nitrogens is 1. The van der Waals surface area contributed by atoms with Gasteiger partial charge in [0.1, 0.15) is 0 Å². The van der Waals surface area contributed by atoms with Gasteiger partial charge in [0.05, 0.1) is 5.69 Å². The van der Waals surface area contributed by atoms with Crippen LogP contribution in [0, 0.1) is 5.92 Å². The molecule has 98 valence electrons. The number of nitrogens with one attached hydrogen (secondary N) is 1. The lowest BCUT2D eigenvalue weighted by Crippen LogP contribution is -2.38. The van der Waals surface area contributed by atoms with Gasteiger partial charge in [0.25, 0.3) is 5.91 Å². The van der Waals surface area contributed by atoms with Gasteiger partial charge >= 0.3 is 0 Å². The van der Waals surface area contributed by atoms with E-state index in [0.717, 1.165) is 18.5 Å². The van der Waals surface area contributed by atoms with Crippen LogP contribution >= 0.6 is 0 Å². The zero-order valence-electron chi connectivity index (χ0n) is 10.9. The van der Waals surface area contributed by atoms with Gasteiger partial charge < -0.3 is 11.1 Å². The van der Waals surface area contributed by atoms with Crippen molar-refractivity contribution in [1.29, 1.82) is 0 Å². The van der Waals surface area contributed by atoms with Gasteiger partial charge in [-0.15, -0.1) is 0 Å². The van der Waals surface area contributed by atoms with E-state index in [2.05, 4.69) is 17.2 Å². The molecule has 4 heteroatoms. The minimum atomic E-state index is -0.00815. The maximum atomic E-state index is 12.1. The van der Waals surface area contributed by atoms with Gasteiger partial charge in [-0.1, -0.05) is 19.8 Å². The molecule has 2 rings (SSSR count). The summed E-state index contributed by atoms with van der Waals surface area (Å²) in [4.78, 5) is 16.2. The van der Waals surface area contributed by atoms with Crippen molar-refractivity contribution >= 4 is 5.91 Å².